The fraction of sp³-hybridized carbons (Fsp3) is 0.250. The van der Waals surface area contributed by atoms with E-state index in [-0.39, 0.29) is 0 Å². The van der Waals surface area contributed by atoms with Crippen molar-refractivity contribution in [2.45, 2.75) is 6.92 Å². The number of ether oxygens (including phenoxy) is 2. The lowest BCUT2D eigenvalue weighted by Crippen LogP contribution is -2.06. The number of hydrogen-bond acceptors (Lipinski definition) is 6. The molecule has 0 saturated carbocycles. The molecule has 0 unspecified atom stereocenters. The highest BCUT2D eigenvalue weighted by Gasteiger charge is 2.08. The third kappa shape index (κ3) is 3.88. The van der Waals surface area contributed by atoms with Crippen LogP contribution in [0.4, 0.5) is 17.5 Å². The van der Waals surface area contributed by atoms with Crippen LogP contribution in [0.5, 0.6) is 11.5 Å². The number of aryl methyl sites for hydroxylation is 1. The summed E-state index contributed by atoms with van der Waals surface area (Å²) in [6.07, 6.45) is 1.77. The summed E-state index contributed by atoms with van der Waals surface area (Å²) >= 11 is 0. The lowest BCUT2D eigenvalue weighted by molar-refractivity contribution is 0.405. The predicted octanol–water partition coefficient (Wildman–Crippen LogP) is 3.14. The van der Waals surface area contributed by atoms with E-state index in [4.69, 9.17) is 9.47 Å². The van der Waals surface area contributed by atoms with Gasteiger partial charge in [-0.3, -0.25) is 0 Å². The van der Waals surface area contributed by atoms with E-state index >= 15 is 0 Å². The summed E-state index contributed by atoms with van der Waals surface area (Å²) in [4.78, 5) is 8.80. The molecule has 2 aromatic rings. The topological polar surface area (TPSA) is 68.3 Å². The zero-order valence-corrected chi connectivity index (χ0v) is 13.0. The molecule has 0 atom stereocenters. The highest BCUT2D eigenvalue weighted by Crippen LogP contribution is 2.30. The van der Waals surface area contributed by atoms with Gasteiger partial charge in [0.05, 0.1) is 19.9 Å². The van der Waals surface area contributed by atoms with Gasteiger partial charge < -0.3 is 20.1 Å². The molecule has 0 radical (unpaired) electrons. The zero-order chi connectivity index (χ0) is 15.9. The highest BCUT2D eigenvalue weighted by molar-refractivity contribution is 5.65. The van der Waals surface area contributed by atoms with Crippen LogP contribution >= 0.6 is 0 Å². The quantitative estimate of drug-likeness (QED) is 0.766. The molecular formula is C16H20N4O2. The Bertz CT molecular complexity index is 659. The normalized spacial score (nSPS) is 9.95. The number of nitrogens with zero attached hydrogens (tertiary/aromatic N) is 2. The van der Waals surface area contributed by atoms with Gasteiger partial charge in [-0.2, -0.15) is 4.98 Å². The Hall–Kier alpha value is -2.76. The minimum Gasteiger partial charge on any atom is -0.497 e. The van der Waals surface area contributed by atoms with E-state index in [1.165, 1.54) is 0 Å². The van der Waals surface area contributed by atoms with Crippen LogP contribution in [-0.4, -0.2) is 30.7 Å². The molecule has 2 rings (SSSR count). The first-order valence-corrected chi connectivity index (χ1v) is 6.85. The molecule has 1 aromatic heterocycles. The lowest BCUT2D eigenvalue weighted by Gasteiger charge is -2.13. The van der Waals surface area contributed by atoms with Crippen molar-refractivity contribution < 1.29 is 9.47 Å². The molecule has 2 N–H and O–H groups in total. The second-order valence-corrected chi connectivity index (χ2v) is 4.58. The summed E-state index contributed by atoms with van der Waals surface area (Å²) < 4.78 is 10.6. The lowest BCUT2D eigenvalue weighted by atomic mass is 10.2. The Balaban J connectivity index is 2.29. The van der Waals surface area contributed by atoms with Crippen LogP contribution in [0.3, 0.4) is 0 Å². The maximum Gasteiger partial charge on any atom is 0.229 e. The fourth-order valence-corrected chi connectivity index (χ4v) is 1.92. The van der Waals surface area contributed by atoms with Gasteiger partial charge in [-0.05, 0) is 19.1 Å². The van der Waals surface area contributed by atoms with E-state index in [0.29, 0.717) is 18.2 Å². The Morgan fingerprint density at radius 1 is 1.18 bits per heavy atom. The summed E-state index contributed by atoms with van der Waals surface area (Å²) in [5.74, 6) is 2.63. The Labute approximate surface area is 130 Å². The molecule has 0 bridgehead atoms. The number of hydrogen-bond donors (Lipinski definition) is 2. The van der Waals surface area contributed by atoms with Crippen LogP contribution in [0.2, 0.25) is 0 Å². The molecular weight excluding hydrogens is 280 g/mol. The third-order valence-electron chi connectivity index (χ3n) is 2.93. The molecule has 6 heteroatoms. The van der Waals surface area contributed by atoms with Gasteiger partial charge in [-0.25, -0.2) is 4.98 Å². The Morgan fingerprint density at radius 2 is 2.00 bits per heavy atom. The summed E-state index contributed by atoms with van der Waals surface area (Å²) in [5.41, 5.74) is 1.59. The predicted molar refractivity (Wildman–Crippen MR) is 88.3 cm³/mol. The fourth-order valence-electron chi connectivity index (χ4n) is 1.92. The van der Waals surface area contributed by atoms with Gasteiger partial charge in [0.2, 0.25) is 5.95 Å². The van der Waals surface area contributed by atoms with Crippen LogP contribution < -0.4 is 20.1 Å². The van der Waals surface area contributed by atoms with Crippen molar-refractivity contribution in [3.05, 3.63) is 42.6 Å². The molecule has 1 heterocycles. The minimum atomic E-state index is 0.484. The number of aromatic nitrogens is 2. The van der Waals surface area contributed by atoms with Crippen LogP contribution in [0.25, 0.3) is 0 Å². The highest BCUT2D eigenvalue weighted by atomic mass is 16.5. The SMILES string of the molecule is C=CCNc1cc(C)nc(Nc2cc(OC)ccc2OC)n1. The first kappa shape index (κ1) is 15.6. The molecule has 6 nitrogen and oxygen atoms in total. The molecule has 0 aliphatic rings. The number of benzene rings is 1. The number of methoxy groups -OCH3 is 2. The average molecular weight is 300 g/mol. The van der Waals surface area contributed by atoms with E-state index in [0.717, 1.165) is 22.9 Å². The van der Waals surface area contributed by atoms with Crippen molar-refractivity contribution in [3.63, 3.8) is 0 Å². The van der Waals surface area contributed by atoms with Crippen molar-refractivity contribution in [1.29, 1.82) is 0 Å². The van der Waals surface area contributed by atoms with Crippen LogP contribution in [0.1, 0.15) is 5.69 Å². The molecule has 0 fully saturated rings. The van der Waals surface area contributed by atoms with Gasteiger partial charge in [0, 0.05) is 24.4 Å². The molecule has 0 saturated heterocycles. The second-order valence-electron chi connectivity index (χ2n) is 4.58. The first-order valence-electron chi connectivity index (χ1n) is 6.85. The number of nitrogens with one attached hydrogen (secondary N) is 2. The summed E-state index contributed by atoms with van der Waals surface area (Å²) in [5, 5.41) is 6.31. The molecule has 0 aliphatic heterocycles. The van der Waals surface area contributed by atoms with E-state index in [1.54, 1.807) is 20.3 Å². The Kier molecular flexibility index (Phi) is 5.19. The van der Waals surface area contributed by atoms with Gasteiger partial charge in [0.1, 0.15) is 17.3 Å². The largest absolute Gasteiger partial charge is 0.497 e. The smallest absolute Gasteiger partial charge is 0.229 e. The standard InChI is InChI=1S/C16H20N4O2/c1-5-8-17-15-9-11(2)18-16(20-15)19-13-10-12(21-3)6-7-14(13)22-4/h5-7,9-10H,1,8H2,2-4H3,(H2,17,18,19,20). The maximum absolute atomic E-state index is 5.34. The van der Waals surface area contributed by atoms with Gasteiger partial charge >= 0.3 is 0 Å². The maximum atomic E-state index is 5.34. The van der Waals surface area contributed by atoms with Crippen molar-refractivity contribution in [2.75, 3.05) is 31.4 Å². The van der Waals surface area contributed by atoms with E-state index in [1.807, 2.05) is 31.2 Å². The van der Waals surface area contributed by atoms with Crippen molar-refractivity contribution in [2.24, 2.45) is 0 Å². The number of rotatable bonds is 7. The van der Waals surface area contributed by atoms with Crippen LogP contribution in [0.15, 0.2) is 36.9 Å². The van der Waals surface area contributed by atoms with E-state index in [9.17, 15) is 0 Å². The van der Waals surface area contributed by atoms with Crippen molar-refractivity contribution >= 4 is 17.5 Å². The summed E-state index contributed by atoms with van der Waals surface area (Å²) in [6.45, 7) is 6.23. The average Bonchev–Trinajstić information content (AvgIpc) is 2.52. The third-order valence-corrected chi connectivity index (χ3v) is 2.93. The molecule has 0 spiro atoms. The molecule has 0 aliphatic carbocycles. The Morgan fingerprint density at radius 3 is 2.68 bits per heavy atom. The summed E-state index contributed by atoms with van der Waals surface area (Å²) in [6, 6.07) is 7.37. The van der Waals surface area contributed by atoms with Crippen molar-refractivity contribution in [3.8, 4) is 11.5 Å². The van der Waals surface area contributed by atoms with Gasteiger partial charge in [0.25, 0.3) is 0 Å². The summed E-state index contributed by atoms with van der Waals surface area (Å²) in [7, 11) is 3.23. The monoisotopic (exact) mass is 300 g/mol. The van der Waals surface area contributed by atoms with E-state index in [2.05, 4.69) is 27.2 Å². The zero-order valence-electron chi connectivity index (χ0n) is 13.0. The first-order chi connectivity index (χ1) is 10.7. The minimum absolute atomic E-state index is 0.484. The number of anilines is 3. The van der Waals surface area contributed by atoms with E-state index < -0.39 is 0 Å². The van der Waals surface area contributed by atoms with Gasteiger partial charge in [0.15, 0.2) is 0 Å². The van der Waals surface area contributed by atoms with Crippen LogP contribution in [0, 0.1) is 6.92 Å². The molecule has 22 heavy (non-hydrogen) atoms. The van der Waals surface area contributed by atoms with Gasteiger partial charge in [-0.15, -0.1) is 6.58 Å². The second kappa shape index (κ2) is 7.31. The van der Waals surface area contributed by atoms with Crippen molar-refractivity contribution in [1.82, 2.24) is 9.97 Å². The molecule has 1 aromatic carbocycles. The molecule has 0 amide bonds. The van der Waals surface area contributed by atoms with Crippen LogP contribution in [-0.2, 0) is 0 Å². The molecule has 116 valence electrons. The van der Waals surface area contributed by atoms with Gasteiger partial charge in [-0.1, -0.05) is 6.08 Å².